The molecular weight excluding hydrogens is 178 g/mol. The minimum absolute atomic E-state index is 0.283. The summed E-state index contributed by atoms with van der Waals surface area (Å²) in [6.07, 6.45) is -1.79. The number of hydrogen-bond acceptors (Lipinski definition) is 2. The zero-order valence-corrected chi connectivity index (χ0v) is 8.23. The van der Waals surface area contributed by atoms with E-state index in [1.54, 1.807) is 20.8 Å². The fraction of sp³-hybridized carbons (Fsp3) is 0.667. The largest absolute Gasteiger partial charge is 0.457 e. The Balaban J connectivity index is 4.24. The molecule has 0 radical (unpaired) electrons. The van der Waals surface area contributed by atoms with Crippen LogP contribution in [0, 0.1) is 0 Å². The zero-order chi connectivity index (χ0) is 10.6. The van der Waals surface area contributed by atoms with Crippen molar-refractivity contribution in [1.29, 1.82) is 0 Å². The van der Waals surface area contributed by atoms with E-state index in [0.717, 1.165) is 6.08 Å². The van der Waals surface area contributed by atoms with Crippen LogP contribution in [0.2, 0.25) is 0 Å². The molecule has 0 atom stereocenters. The van der Waals surface area contributed by atoms with Gasteiger partial charge in [0.25, 0.3) is 6.43 Å². The number of carbonyl (C=O) groups excluding carboxylic acids is 1. The zero-order valence-electron chi connectivity index (χ0n) is 8.23. The third-order valence-electron chi connectivity index (χ3n) is 1.10. The van der Waals surface area contributed by atoms with E-state index >= 15 is 0 Å². The number of carbonyl (C=O) groups is 1. The summed E-state index contributed by atoms with van der Waals surface area (Å²) in [4.78, 5) is 10.9. The van der Waals surface area contributed by atoms with Gasteiger partial charge >= 0.3 is 5.97 Å². The lowest BCUT2D eigenvalue weighted by molar-refractivity contribution is -0.148. The minimum Gasteiger partial charge on any atom is -0.457 e. The number of allylic oxidation sites excluding steroid dienone is 1. The highest BCUT2D eigenvalue weighted by molar-refractivity contribution is 5.83. The maximum Gasteiger partial charge on any atom is 0.331 e. The van der Waals surface area contributed by atoms with E-state index in [1.165, 1.54) is 6.92 Å². The van der Waals surface area contributed by atoms with Crippen molar-refractivity contribution in [2.24, 2.45) is 0 Å². The van der Waals surface area contributed by atoms with Crippen LogP contribution in [0.4, 0.5) is 8.78 Å². The summed E-state index contributed by atoms with van der Waals surface area (Å²) in [6, 6.07) is 0. The second-order valence-corrected chi connectivity index (χ2v) is 3.72. The molecule has 4 heteroatoms. The Bertz CT molecular complexity index is 214. The highest BCUT2D eigenvalue weighted by Gasteiger charge is 2.16. The SMILES string of the molecule is CC(=CC(=O)OC(C)(C)C)C(F)F. The van der Waals surface area contributed by atoms with Crippen molar-refractivity contribution in [3.63, 3.8) is 0 Å². The molecule has 2 nitrogen and oxygen atoms in total. The van der Waals surface area contributed by atoms with E-state index < -0.39 is 18.0 Å². The van der Waals surface area contributed by atoms with Gasteiger partial charge in [-0.3, -0.25) is 0 Å². The topological polar surface area (TPSA) is 26.3 Å². The quantitative estimate of drug-likeness (QED) is 0.496. The average Bonchev–Trinajstić information content (AvgIpc) is 1.81. The van der Waals surface area contributed by atoms with Crippen LogP contribution in [0.3, 0.4) is 0 Å². The van der Waals surface area contributed by atoms with Gasteiger partial charge in [-0.05, 0) is 33.3 Å². The molecule has 0 aliphatic heterocycles. The van der Waals surface area contributed by atoms with Crippen LogP contribution < -0.4 is 0 Å². The molecular formula is C9H14F2O2. The van der Waals surface area contributed by atoms with Crippen molar-refractivity contribution in [2.45, 2.75) is 39.7 Å². The lowest BCUT2D eigenvalue weighted by atomic mass is 10.2. The highest BCUT2D eigenvalue weighted by atomic mass is 19.3. The first-order valence-corrected chi connectivity index (χ1v) is 3.91. The minimum atomic E-state index is -2.60. The van der Waals surface area contributed by atoms with Crippen molar-refractivity contribution in [3.05, 3.63) is 11.6 Å². The van der Waals surface area contributed by atoms with Gasteiger partial charge in [0.05, 0.1) is 0 Å². The van der Waals surface area contributed by atoms with Gasteiger partial charge in [-0.2, -0.15) is 0 Å². The molecule has 13 heavy (non-hydrogen) atoms. The number of halogens is 2. The summed E-state index contributed by atoms with van der Waals surface area (Å²) in [5, 5.41) is 0. The summed E-state index contributed by atoms with van der Waals surface area (Å²) in [5.74, 6) is -0.731. The summed E-state index contributed by atoms with van der Waals surface area (Å²) in [6.45, 7) is 6.22. The molecule has 0 heterocycles. The first kappa shape index (κ1) is 12.1. The molecule has 0 aromatic heterocycles. The van der Waals surface area contributed by atoms with Gasteiger partial charge in [-0.1, -0.05) is 0 Å². The third-order valence-corrected chi connectivity index (χ3v) is 1.10. The molecule has 0 unspecified atom stereocenters. The van der Waals surface area contributed by atoms with Crippen molar-refractivity contribution in [2.75, 3.05) is 0 Å². The van der Waals surface area contributed by atoms with Crippen LogP contribution in [-0.4, -0.2) is 18.0 Å². The van der Waals surface area contributed by atoms with Crippen LogP contribution in [0.25, 0.3) is 0 Å². The van der Waals surface area contributed by atoms with E-state index in [4.69, 9.17) is 4.74 Å². The molecule has 0 saturated heterocycles. The number of alkyl halides is 2. The summed E-state index contributed by atoms with van der Waals surface area (Å²) in [5.41, 5.74) is -0.926. The number of rotatable bonds is 2. The van der Waals surface area contributed by atoms with Crippen LogP contribution in [-0.2, 0) is 9.53 Å². The van der Waals surface area contributed by atoms with E-state index in [1.807, 2.05) is 0 Å². The smallest absolute Gasteiger partial charge is 0.331 e. The molecule has 0 amide bonds. The molecule has 0 fully saturated rings. The van der Waals surface area contributed by atoms with E-state index in [-0.39, 0.29) is 5.57 Å². The maximum absolute atomic E-state index is 11.9. The van der Waals surface area contributed by atoms with Gasteiger partial charge in [0, 0.05) is 6.08 Å². The van der Waals surface area contributed by atoms with Gasteiger partial charge in [-0.25, -0.2) is 13.6 Å². The predicted molar refractivity (Wildman–Crippen MR) is 45.6 cm³/mol. The summed E-state index contributed by atoms with van der Waals surface area (Å²) >= 11 is 0. The fourth-order valence-corrected chi connectivity index (χ4v) is 0.580. The van der Waals surface area contributed by atoms with Crippen LogP contribution in [0.5, 0.6) is 0 Å². The van der Waals surface area contributed by atoms with E-state index in [2.05, 4.69) is 0 Å². The van der Waals surface area contributed by atoms with Crippen molar-refractivity contribution in [3.8, 4) is 0 Å². The normalized spacial score (nSPS) is 13.3. The highest BCUT2D eigenvalue weighted by Crippen LogP contribution is 2.11. The van der Waals surface area contributed by atoms with Crippen molar-refractivity contribution in [1.82, 2.24) is 0 Å². The number of ether oxygens (including phenoxy) is 1. The van der Waals surface area contributed by atoms with E-state index in [0.29, 0.717) is 0 Å². The van der Waals surface area contributed by atoms with Crippen molar-refractivity contribution >= 4 is 5.97 Å². The van der Waals surface area contributed by atoms with Crippen LogP contribution in [0.15, 0.2) is 11.6 Å². The Kier molecular flexibility index (Phi) is 4.04. The Morgan fingerprint density at radius 2 is 1.85 bits per heavy atom. The lowest BCUT2D eigenvalue weighted by Gasteiger charge is -2.18. The predicted octanol–water partition coefficient (Wildman–Crippen LogP) is 2.54. The Hall–Kier alpha value is -0.930. The van der Waals surface area contributed by atoms with Gasteiger partial charge in [0.2, 0.25) is 0 Å². The molecule has 0 aliphatic carbocycles. The average molecular weight is 192 g/mol. The molecule has 0 N–H and O–H groups in total. The second kappa shape index (κ2) is 4.35. The van der Waals surface area contributed by atoms with E-state index in [9.17, 15) is 13.6 Å². The van der Waals surface area contributed by atoms with Crippen molar-refractivity contribution < 1.29 is 18.3 Å². The molecule has 0 aromatic rings. The van der Waals surface area contributed by atoms with Gasteiger partial charge < -0.3 is 4.74 Å². The molecule has 0 rings (SSSR count). The van der Waals surface area contributed by atoms with Crippen LogP contribution in [0.1, 0.15) is 27.7 Å². The van der Waals surface area contributed by atoms with Gasteiger partial charge in [0.15, 0.2) is 0 Å². The Morgan fingerprint density at radius 1 is 1.38 bits per heavy atom. The standard InChI is InChI=1S/C9H14F2O2/c1-6(8(10)11)5-7(12)13-9(2,3)4/h5,8H,1-4H3. The first-order chi connectivity index (χ1) is 5.72. The molecule has 0 aliphatic rings. The van der Waals surface area contributed by atoms with Gasteiger partial charge in [-0.15, -0.1) is 0 Å². The Morgan fingerprint density at radius 3 is 2.15 bits per heavy atom. The number of hydrogen-bond donors (Lipinski definition) is 0. The van der Waals surface area contributed by atoms with Gasteiger partial charge in [0.1, 0.15) is 5.60 Å². The summed E-state index contributed by atoms with van der Waals surface area (Å²) < 4.78 is 28.7. The second-order valence-electron chi connectivity index (χ2n) is 3.72. The third kappa shape index (κ3) is 6.25. The number of esters is 1. The van der Waals surface area contributed by atoms with Crippen LogP contribution >= 0.6 is 0 Å². The molecule has 0 aromatic carbocycles. The molecule has 0 spiro atoms. The Labute approximate surface area is 76.6 Å². The molecule has 76 valence electrons. The maximum atomic E-state index is 11.9. The monoisotopic (exact) mass is 192 g/mol. The summed E-state index contributed by atoms with van der Waals surface area (Å²) in [7, 11) is 0. The first-order valence-electron chi connectivity index (χ1n) is 3.91. The molecule has 0 bridgehead atoms. The fourth-order valence-electron chi connectivity index (χ4n) is 0.580. The lowest BCUT2D eigenvalue weighted by Crippen LogP contribution is -2.23. The molecule has 0 saturated carbocycles.